The first-order valence-electron chi connectivity index (χ1n) is 14.5. The van der Waals surface area contributed by atoms with Crippen molar-refractivity contribution in [1.29, 1.82) is 5.26 Å². The van der Waals surface area contributed by atoms with Crippen molar-refractivity contribution >= 4 is 22.8 Å². The van der Waals surface area contributed by atoms with E-state index < -0.39 is 6.80 Å². The summed E-state index contributed by atoms with van der Waals surface area (Å²) in [6.45, 7) is 1.92. The molecule has 1 aliphatic heterocycles. The second-order valence-electron chi connectivity index (χ2n) is 10.7. The van der Waals surface area contributed by atoms with Gasteiger partial charge in [-0.2, -0.15) is 5.26 Å². The van der Waals surface area contributed by atoms with Crippen LogP contribution in [0.2, 0.25) is 0 Å². The highest BCUT2D eigenvalue weighted by molar-refractivity contribution is 5.84. The van der Waals surface area contributed by atoms with Crippen molar-refractivity contribution in [2.75, 3.05) is 24.1 Å². The lowest BCUT2D eigenvalue weighted by Crippen LogP contribution is -2.38. The number of halogens is 1. The van der Waals surface area contributed by atoms with E-state index in [0.717, 1.165) is 42.8 Å². The lowest BCUT2D eigenvalue weighted by atomic mass is 10.0. The van der Waals surface area contributed by atoms with Crippen molar-refractivity contribution in [3.05, 3.63) is 84.6 Å². The minimum Gasteiger partial charge on any atom is -0.383 e. The Morgan fingerprint density at radius 2 is 1.80 bits per heavy atom. The lowest BCUT2D eigenvalue weighted by molar-refractivity contribution is 0.211. The number of nitrogen functional groups attached to an aromatic ring is 1. The number of hydrogen-bond acceptors (Lipinski definition) is 11. The highest BCUT2D eigenvalue weighted by Gasteiger charge is 2.21. The number of aromatic nitrogens is 9. The standard InChI is InChI=1S/C31H28FN13/c32-19-44-18-26(41-42-44)24-7-8-25-31(38-24)45(30(39-25)23-2-1-12-36-29(23)34)22-5-3-20(4-6-22)17-43-14-10-21(11-15-43)37-27-9-13-35-28(16-33)40-27/h1-9,12-13,18,21H,10-11,14-15,17,19H2,(H2,34,36)(H,35,37,40). The predicted molar refractivity (Wildman–Crippen MR) is 165 cm³/mol. The topological polar surface area (TPSA) is 165 Å². The summed E-state index contributed by atoms with van der Waals surface area (Å²) in [6.07, 6.45) is 6.69. The quantitative estimate of drug-likeness (QED) is 0.259. The highest BCUT2D eigenvalue weighted by Crippen LogP contribution is 2.31. The molecule has 0 atom stereocenters. The molecule has 0 saturated carbocycles. The largest absolute Gasteiger partial charge is 0.383 e. The van der Waals surface area contributed by atoms with Crippen LogP contribution in [0.3, 0.4) is 0 Å². The van der Waals surface area contributed by atoms with Crippen LogP contribution in [0.1, 0.15) is 24.2 Å². The molecule has 224 valence electrons. The minimum absolute atomic E-state index is 0.166. The third-order valence-electron chi connectivity index (χ3n) is 7.80. The first kappa shape index (κ1) is 28.0. The van der Waals surface area contributed by atoms with Gasteiger partial charge in [-0.3, -0.25) is 9.47 Å². The van der Waals surface area contributed by atoms with Crippen LogP contribution in [0, 0.1) is 11.3 Å². The maximum Gasteiger partial charge on any atom is 0.234 e. The van der Waals surface area contributed by atoms with Gasteiger partial charge < -0.3 is 11.1 Å². The number of benzene rings is 1. The minimum atomic E-state index is -0.772. The van der Waals surface area contributed by atoms with E-state index in [4.69, 9.17) is 21.0 Å². The summed E-state index contributed by atoms with van der Waals surface area (Å²) in [5, 5.41) is 20.4. The van der Waals surface area contributed by atoms with Gasteiger partial charge in [-0.25, -0.2) is 34.0 Å². The highest BCUT2D eigenvalue weighted by atomic mass is 19.1. The fraction of sp³-hybridized carbons (Fsp3) is 0.226. The van der Waals surface area contributed by atoms with Crippen LogP contribution in [-0.2, 0) is 13.3 Å². The molecule has 45 heavy (non-hydrogen) atoms. The van der Waals surface area contributed by atoms with Gasteiger partial charge in [0, 0.05) is 43.8 Å². The Balaban J connectivity index is 1.13. The molecular formula is C31H28FN13. The van der Waals surface area contributed by atoms with E-state index in [2.05, 4.69) is 59.7 Å². The van der Waals surface area contributed by atoms with Crippen LogP contribution in [-0.4, -0.2) is 68.5 Å². The first-order chi connectivity index (χ1) is 22.1. The SMILES string of the molecule is N#Cc1nccc(NC2CCN(Cc3ccc(-n4c(-c5cccnc5N)nc5ccc(-c6cn(CF)nn6)nc54)cc3)CC2)n1. The average Bonchev–Trinajstić information content (AvgIpc) is 3.71. The molecule has 1 saturated heterocycles. The summed E-state index contributed by atoms with van der Waals surface area (Å²) in [4.78, 5) is 24.6. The van der Waals surface area contributed by atoms with E-state index in [1.165, 1.54) is 11.8 Å². The summed E-state index contributed by atoms with van der Waals surface area (Å²) < 4.78 is 16.2. The number of pyridine rings is 2. The smallest absolute Gasteiger partial charge is 0.234 e. The first-order valence-corrected chi connectivity index (χ1v) is 14.5. The monoisotopic (exact) mass is 601 g/mol. The fourth-order valence-corrected chi connectivity index (χ4v) is 5.55. The predicted octanol–water partition coefficient (Wildman–Crippen LogP) is 3.99. The van der Waals surface area contributed by atoms with Crippen LogP contribution in [0.15, 0.2) is 73.2 Å². The van der Waals surface area contributed by atoms with Crippen molar-refractivity contribution < 1.29 is 4.39 Å². The van der Waals surface area contributed by atoms with E-state index in [1.54, 1.807) is 24.5 Å². The van der Waals surface area contributed by atoms with Gasteiger partial charge in [0.15, 0.2) is 18.3 Å². The summed E-state index contributed by atoms with van der Waals surface area (Å²) in [5.74, 6) is 1.82. The van der Waals surface area contributed by atoms with Crippen molar-refractivity contribution in [2.24, 2.45) is 0 Å². The Morgan fingerprint density at radius 3 is 2.56 bits per heavy atom. The molecule has 0 bridgehead atoms. The van der Waals surface area contributed by atoms with Crippen LogP contribution in [0.25, 0.3) is 39.6 Å². The number of nitrogens with zero attached hydrogens (tertiary/aromatic N) is 11. The van der Waals surface area contributed by atoms with E-state index in [1.807, 2.05) is 28.8 Å². The summed E-state index contributed by atoms with van der Waals surface area (Å²) in [6, 6.07) is 19.8. The molecule has 0 spiro atoms. The Hall–Kier alpha value is -5.81. The fourth-order valence-electron chi connectivity index (χ4n) is 5.55. The van der Waals surface area contributed by atoms with Gasteiger partial charge in [0.2, 0.25) is 5.82 Å². The van der Waals surface area contributed by atoms with Gasteiger partial charge in [0.25, 0.3) is 0 Å². The normalized spacial score (nSPS) is 14.0. The van der Waals surface area contributed by atoms with Gasteiger partial charge in [-0.1, -0.05) is 17.3 Å². The number of nitriles is 1. The van der Waals surface area contributed by atoms with Gasteiger partial charge in [-0.05, 0) is 60.9 Å². The van der Waals surface area contributed by atoms with Crippen molar-refractivity contribution in [3.8, 4) is 34.5 Å². The summed E-state index contributed by atoms with van der Waals surface area (Å²) in [7, 11) is 0. The third-order valence-corrected chi connectivity index (χ3v) is 7.80. The number of nitrogens with one attached hydrogen (secondary N) is 1. The van der Waals surface area contributed by atoms with Crippen LogP contribution in [0.4, 0.5) is 16.0 Å². The van der Waals surface area contributed by atoms with Crippen molar-refractivity contribution in [1.82, 2.24) is 49.4 Å². The van der Waals surface area contributed by atoms with E-state index in [0.29, 0.717) is 45.6 Å². The molecule has 1 aromatic carbocycles. The van der Waals surface area contributed by atoms with Gasteiger partial charge >= 0.3 is 0 Å². The molecule has 13 nitrogen and oxygen atoms in total. The number of anilines is 2. The van der Waals surface area contributed by atoms with E-state index in [-0.39, 0.29) is 11.9 Å². The number of alkyl halides is 1. The number of hydrogen-bond donors (Lipinski definition) is 2. The van der Waals surface area contributed by atoms with E-state index in [9.17, 15) is 4.39 Å². The molecule has 6 heterocycles. The van der Waals surface area contributed by atoms with Gasteiger partial charge in [-0.15, -0.1) is 5.10 Å². The molecule has 0 radical (unpaired) electrons. The number of fused-ring (bicyclic) bond motifs is 1. The number of rotatable bonds is 8. The molecule has 1 fully saturated rings. The van der Waals surface area contributed by atoms with Crippen LogP contribution in [0.5, 0.6) is 0 Å². The Kier molecular flexibility index (Phi) is 7.50. The molecule has 0 unspecified atom stereocenters. The molecule has 14 heteroatoms. The molecule has 7 rings (SSSR count). The molecule has 1 aliphatic rings. The maximum atomic E-state index is 13.1. The van der Waals surface area contributed by atoms with E-state index >= 15 is 0 Å². The van der Waals surface area contributed by atoms with Crippen molar-refractivity contribution in [2.45, 2.75) is 32.2 Å². The average molecular weight is 602 g/mol. The molecule has 3 N–H and O–H groups in total. The molecular weight excluding hydrogens is 573 g/mol. The zero-order valence-corrected chi connectivity index (χ0v) is 24.1. The Labute approximate surface area is 257 Å². The maximum absolute atomic E-state index is 13.1. The van der Waals surface area contributed by atoms with Crippen LogP contribution < -0.4 is 11.1 Å². The molecule has 6 aromatic rings. The lowest BCUT2D eigenvalue weighted by Gasteiger charge is -2.32. The second kappa shape index (κ2) is 12.1. The summed E-state index contributed by atoms with van der Waals surface area (Å²) >= 11 is 0. The number of nitrogens with two attached hydrogens (primary N) is 1. The number of likely N-dealkylation sites (tertiary alicyclic amines) is 1. The molecule has 5 aromatic heterocycles. The second-order valence-corrected chi connectivity index (χ2v) is 10.7. The van der Waals surface area contributed by atoms with Crippen molar-refractivity contribution in [3.63, 3.8) is 0 Å². The Morgan fingerprint density at radius 1 is 0.956 bits per heavy atom. The zero-order valence-electron chi connectivity index (χ0n) is 24.1. The van der Waals surface area contributed by atoms with Crippen LogP contribution >= 0.6 is 0 Å². The summed E-state index contributed by atoms with van der Waals surface area (Å²) in [5.41, 5.74) is 11.3. The third kappa shape index (κ3) is 5.76. The van der Waals surface area contributed by atoms with Gasteiger partial charge in [0.1, 0.15) is 28.9 Å². The molecule has 0 amide bonds. The molecule has 0 aliphatic carbocycles. The van der Waals surface area contributed by atoms with Gasteiger partial charge in [0.05, 0.1) is 17.5 Å². The Bertz CT molecular complexity index is 2000. The number of piperidine rings is 1. The zero-order chi connectivity index (χ0) is 30.8. The number of imidazole rings is 1.